The molecule has 0 fully saturated rings. The molecule has 0 unspecified atom stereocenters. The molecule has 0 aliphatic rings. The summed E-state index contributed by atoms with van der Waals surface area (Å²) in [6, 6.07) is 11.0. The van der Waals surface area contributed by atoms with Gasteiger partial charge >= 0.3 is 0 Å². The van der Waals surface area contributed by atoms with Gasteiger partial charge < -0.3 is 0 Å². The Kier molecular flexibility index (Phi) is 4.98. The van der Waals surface area contributed by atoms with E-state index < -0.39 is 15.8 Å². The standard InChI is InChI=1S/C15H15ClFNO2S/c1-11-2-7-14(17)8-15(11)21(19,20)18-10-13-5-3-12(9-16)4-6-13/h2-8,18H,9-10H2,1H3. The van der Waals surface area contributed by atoms with Gasteiger partial charge in [-0.25, -0.2) is 17.5 Å². The van der Waals surface area contributed by atoms with Crippen LogP contribution in [0.1, 0.15) is 16.7 Å². The van der Waals surface area contributed by atoms with Crippen LogP contribution in [-0.4, -0.2) is 8.42 Å². The first-order valence-corrected chi connectivity index (χ1v) is 8.34. The normalized spacial score (nSPS) is 11.6. The van der Waals surface area contributed by atoms with E-state index in [0.29, 0.717) is 11.4 Å². The Morgan fingerprint density at radius 1 is 1.10 bits per heavy atom. The van der Waals surface area contributed by atoms with Gasteiger partial charge in [0.05, 0.1) is 4.90 Å². The predicted octanol–water partition coefficient (Wildman–Crippen LogP) is 3.35. The maximum Gasteiger partial charge on any atom is 0.241 e. The summed E-state index contributed by atoms with van der Waals surface area (Å²) in [5, 5.41) is 0. The average molecular weight is 328 g/mol. The first kappa shape index (κ1) is 15.9. The Hall–Kier alpha value is -1.43. The van der Waals surface area contributed by atoms with Crippen LogP contribution in [0.2, 0.25) is 0 Å². The summed E-state index contributed by atoms with van der Waals surface area (Å²) in [4.78, 5) is -0.0418. The molecular weight excluding hydrogens is 313 g/mol. The second-order valence-corrected chi connectivity index (χ2v) is 6.69. The first-order chi connectivity index (χ1) is 9.92. The molecule has 21 heavy (non-hydrogen) atoms. The summed E-state index contributed by atoms with van der Waals surface area (Å²) in [5.74, 6) is -0.165. The van der Waals surface area contributed by atoms with E-state index in [9.17, 15) is 12.8 Å². The van der Waals surface area contributed by atoms with E-state index in [-0.39, 0.29) is 11.4 Å². The maximum absolute atomic E-state index is 13.2. The van der Waals surface area contributed by atoms with Crippen LogP contribution in [0.4, 0.5) is 4.39 Å². The van der Waals surface area contributed by atoms with Crippen LogP contribution in [-0.2, 0) is 22.4 Å². The zero-order valence-corrected chi connectivity index (χ0v) is 13.0. The fraction of sp³-hybridized carbons (Fsp3) is 0.200. The van der Waals surface area contributed by atoms with Crippen molar-refractivity contribution in [3.63, 3.8) is 0 Å². The molecule has 1 N–H and O–H groups in total. The van der Waals surface area contributed by atoms with Crippen molar-refractivity contribution < 1.29 is 12.8 Å². The molecule has 2 aromatic carbocycles. The van der Waals surface area contributed by atoms with Crippen LogP contribution < -0.4 is 4.72 Å². The number of aryl methyl sites for hydroxylation is 1. The summed E-state index contributed by atoms with van der Waals surface area (Å²) in [6.07, 6.45) is 0. The van der Waals surface area contributed by atoms with Crippen molar-refractivity contribution in [2.45, 2.75) is 24.2 Å². The zero-order chi connectivity index (χ0) is 15.5. The number of alkyl halides is 1. The highest BCUT2D eigenvalue weighted by molar-refractivity contribution is 7.89. The van der Waals surface area contributed by atoms with Crippen molar-refractivity contribution in [1.82, 2.24) is 4.72 Å². The molecule has 0 aromatic heterocycles. The van der Waals surface area contributed by atoms with Gasteiger partial charge in [-0.05, 0) is 35.7 Å². The highest BCUT2D eigenvalue weighted by Crippen LogP contribution is 2.17. The number of hydrogen-bond donors (Lipinski definition) is 1. The van der Waals surface area contributed by atoms with E-state index in [1.807, 2.05) is 12.1 Å². The molecule has 0 amide bonds. The number of sulfonamides is 1. The molecule has 0 bridgehead atoms. The molecule has 0 aliphatic carbocycles. The van der Waals surface area contributed by atoms with Crippen LogP contribution in [0.25, 0.3) is 0 Å². The molecule has 0 aliphatic heterocycles. The third-order valence-electron chi connectivity index (χ3n) is 3.08. The molecular formula is C15H15ClFNO2S. The predicted molar refractivity (Wildman–Crippen MR) is 81.2 cm³/mol. The number of benzene rings is 2. The first-order valence-electron chi connectivity index (χ1n) is 6.32. The van der Waals surface area contributed by atoms with Crippen molar-refractivity contribution >= 4 is 21.6 Å². The minimum Gasteiger partial charge on any atom is -0.207 e. The fourth-order valence-corrected chi connectivity index (χ4v) is 3.32. The molecule has 2 rings (SSSR count). The summed E-state index contributed by atoms with van der Waals surface area (Å²) in [7, 11) is -3.74. The zero-order valence-electron chi connectivity index (χ0n) is 11.4. The Balaban J connectivity index is 2.15. The van der Waals surface area contributed by atoms with Gasteiger partial charge in [0, 0.05) is 12.4 Å². The summed E-state index contributed by atoms with van der Waals surface area (Å²) >= 11 is 5.69. The molecule has 3 nitrogen and oxygen atoms in total. The topological polar surface area (TPSA) is 46.2 Å². The SMILES string of the molecule is Cc1ccc(F)cc1S(=O)(=O)NCc1ccc(CCl)cc1. The quantitative estimate of drug-likeness (QED) is 0.856. The lowest BCUT2D eigenvalue weighted by Gasteiger charge is -2.09. The van der Waals surface area contributed by atoms with Gasteiger partial charge in [-0.2, -0.15) is 0 Å². The number of nitrogens with one attached hydrogen (secondary N) is 1. The largest absolute Gasteiger partial charge is 0.241 e. The van der Waals surface area contributed by atoms with E-state index in [1.54, 1.807) is 19.1 Å². The molecule has 0 radical (unpaired) electrons. The van der Waals surface area contributed by atoms with Gasteiger partial charge in [0.2, 0.25) is 10.0 Å². The fourth-order valence-electron chi connectivity index (χ4n) is 1.87. The highest BCUT2D eigenvalue weighted by atomic mass is 35.5. The molecule has 0 heterocycles. The van der Waals surface area contributed by atoms with Gasteiger partial charge in [-0.15, -0.1) is 11.6 Å². The van der Waals surface area contributed by atoms with Crippen LogP contribution in [0.5, 0.6) is 0 Å². The van der Waals surface area contributed by atoms with Gasteiger partial charge in [0.25, 0.3) is 0 Å². The van der Waals surface area contributed by atoms with Crippen LogP contribution in [0.15, 0.2) is 47.4 Å². The van der Waals surface area contributed by atoms with Crippen molar-refractivity contribution in [2.24, 2.45) is 0 Å². The molecule has 0 spiro atoms. The summed E-state index contributed by atoms with van der Waals surface area (Å²) in [5.41, 5.74) is 2.27. The summed E-state index contributed by atoms with van der Waals surface area (Å²) in [6.45, 7) is 1.77. The number of halogens is 2. The minimum absolute atomic E-state index is 0.0418. The molecule has 112 valence electrons. The highest BCUT2D eigenvalue weighted by Gasteiger charge is 2.17. The second-order valence-electron chi connectivity index (χ2n) is 4.68. The minimum atomic E-state index is -3.74. The number of hydrogen-bond acceptors (Lipinski definition) is 2. The molecule has 6 heteroatoms. The molecule has 2 aromatic rings. The summed E-state index contributed by atoms with van der Waals surface area (Å²) < 4.78 is 40.1. The maximum atomic E-state index is 13.2. The second kappa shape index (κ2) is 6.56. The van der Waals surface area contributed by atoms with Gasteiger partial charge in [0.15, 0.2) is 0 Å². The lowest BCUT2D eigenvalue weighted by Crippen LogP contribution is -2.24. The van der Waals surface area contributed by atoms with Crippen LogP contribution in [0, 0.1) is 12.7 Å². The van der Waals surface area contributed by atoms with Gasteiger partial charge in [-0.3, -0.25) is 0 Å². The average Bonchev–Trinajstić information content (AvgIpc) is 2.48. The van der Waals surface area contributed by atoms with Crippen molar-refractivity contribution in [3.8, 4) is 0 Å². The Labute approximate surface area is 128 Å². The Morgan fingerprint density at radius 2 is 1.71 bits per heavy atom. The third kappa shape index (κ3) is 4.03. The van der Waals surface area contributed by atoms with E-state index in [2.05, 4.69) is 4.72 Å². The lowest BCUT2D eigenvalue weighted by molar-refractivity contribution is 0.576. The van der Waals surface area contributed by atoms with Crippen molar-refractivity contribution in [1.29, 1.82) is 0 Å². The monoisotopic (exact) mass is 327 g/mol. The lowest BCUT2D eigenvalue weighted by atomic mass is 10.1. The van der Waals surface area contributed by atoms with Crippen LogP contribution in [0.3, 0.4) is 0 Å². The molecule has 0 saturated carbocycles. The Morgan fingerprint density at radius 3 is 2.33 bits per heavy atom. The van der Waals surface area contributed by atoms with Gasteiger partial charge in [-0.1, -0.05) is 30.3 Å². The van der Waals surface area contributed by atoms with Gasteiger partial charge in [0.1, 0.15) is 5.82 Å². The van der Waals surface area contributed by atoms with E-state index >= 15 is 0 Å². The van der Waals surface area contributed by atoms with Crippen molar-refractivity contribution in [3.05, 3.63) is 65.0 Å². The van der Waals surface area contributed by atoms with Crippen LogP contribution >= 0.6 is 11.6 Å². The van der Waals surface area contributed by atoms with Crippen molar-refractivity contribution in [2.75, 3.05) is 0 Å². The van der Waals surface area contributed by atoms with E-state index in [0.717, 1.165) is 17.2 Å². The van der Waals surface area contributed by atoms with E-state index in [1.165, 1.54) is 12.1 Å². The van der Waals surface area contributed by atoms with E-state index in [4.69, 9.17) is 11.6 Å². The number of rotatable bonds is 5. The smallest absolute Gasteiger partial charge is 0.207 e. The Bertz CT molecular complexity index is 730. The molecule has 0 atom stereocenters. The molecule has 0 saturated heterocycles. The third-order valence-corrected chi connectivity index (χ3v) is 4.94.